The van der Waals surface area contributed by atoms with Crippen LogP contribution in [0.2, 0.25) is 0 Å². The molecular weight excluding hydrogens is 390 g/mol. The summed E-state index contributed by atoms with van der Waals surface area (Å²) < 4.78 is 1.84. The summed E-state index contributed by atoms with van der Waals surface area (Å²) in [5.41, 5.74) is 4.54. The topological polar surface area (TPSA) is 50.7 Å². The van der Waals surface area contributed by atoms with Gasteiger partial charge in [0.05, 0.1) is 16.8 Å². The second kappa shape index (κ2) is 7.54. The summed E-state index contributed by atoms with van der Waals surface area (Å²) in [5, 5.41) is 0.512. The summed E-state index contributed by atoms with van der Waals surface area (Å²) in [7, 11) is 0. The van der Waals surface area contributed by atoms with Crippen LogP contribution in [-0.2, 0) is 0 Å². The molecule has 144 valence electrons. The quantitative estimate of drug-likeness (QED) is 0.386. The molecule has 0 saturated heterocycles. The van der Waals surface area contributed by atoms with Gasteiger partial charge in [-0.05, 0) is 36.0 Å². The van der Waals surface area contributed by atoms with E-state index in [2.05, 4.69) is 4.98 Å². The Morgan fingerprint density at radius 3 is 1.97 bits per heavy atom. The first kappa shape index (κ1) is 18.2. The van der Waals surface area contributed by atoms with E-state index in [1.165, 1.54) is 4.57 Å². The van der Waals surface area contributed by atoms with Crippen LogP contribution in [0.25, 0.3) is 39.1 Å². The molecule has 1 N–H and O–H groups in total. The minimum Gasteiger partial charge on any atom is -0.316 e. The normalized spacial score (nSPS) is 10.9. The van der Waals surface area contributed by atoms with Gasteiger partial charge in [-0.15, -0.1) is 0 Å². The Hall–Kier alpha value is -3.83. The molecular formula is C25H17N3OS. The highest BCUT2D eigenvalue weighted by Crippen LogP contribution is 2.30. The summed E-state index contributed by atoms with van der Waals surface area (Å²) in [4.78, 5) is 21.6. The van der Waals surface area contributed by atoms with Crippen molar-refractivity contribution in [3.05, 3.63) is 112 Å². The Kier molecular flexibility index (Phi) is 4.58. The fourth-order valence-corrected chi connectivity index (χ4v) is 3.91. The van der Waals surface area contributed by atoms with Crippen LogP contribution in [0.1, 0.15) is 0 Å². The molecule has 5 heteroatoms. The fourth-order valence-electron chi connectivity index (χ4n) is 3.63. The molecule has 30 heavy (non-hydrogen) atoms. The van der Waals surface area contributed by atoms with E-state index >= 15 is 0 Å². The number of hydrogen-bond donors (Lipinski definition) is 1. The van der Waals surface area contributed by atoms with Crippen LogP contribution in [0.3, 0.4) is 0 Å². The number of fused-ring (bicyclic) bond motifs is 1. The van der Waals surface area contributed by atoms with Gasteiger partial charge < -0.3 is 4.98 Å². The monoisotopic (exact) mass is 407 g/mol. The third-order valence-electron chi connectivity index (χ3n) is 5.03. The molecule has 0 fully saturated rings. The van der Waals surface area contributed by atoms with E-state index in [1.807, 2.05) is 97.1 Å². The van der Waals surface area contributed by atoms with Gasteiger partial charge in [-0.1, -0.05) is 78.9 Å². The minimum absolute atomic E-state index is 0.189. The van der Waals surface area contributed by atoms with Crippen LogP contribution < -0.4 is 5.56 Å². The minimum atomic E-state index is -0.189. The molecule has 5 rings (SSSR count). The number of nitrogens with zero attached hydrogens (tertiary/aromatic N) is 2. The lowest BCUT2D eigenvalue weighted by molar-refractivity contribution is 0.934. The number of nitrogens with one attached hydrogen (secondary N) is 1. The summed E-state index contributed by atoms with van der Waals surface area (Å²) in [5.74, 6) is 0. The van der Waals surface area contributed by atoms with Gasteiger partial charge in [-0.2, -0.15) is 0 Å². The van der Waals surface area contributed by atoms with Crippen molar-refractivity contribution >= 4 is 23.3 Å². The third-order valence-corrected chi connectivity index (χ3v) is 5.32. The molecule has 2 heterocycles. The van der Waals surface area contributed by atoms with Gasteiger partial charge in [0.1, 0.15) is 5.65 Å². The molecule has 0 radical (unpaired) electrons. The number of benzene rings is 3. The summed E-state index contributed by atoms with van der Waals surface area (Å²) in [6.07, 6.45) is 0. The highest BCUT2D eigenvalue weighted by atomic mass is 32.1. The zero-order valence-corrected chi connectivity index (χ0v) is 16.8. The molecule has 0 unspecified atom stereocenters. The van der Waals surface area contributed by atoms with E-state index in [1.54, 1.807) is 0 Å². The molecule has 0 atom stereocenters. The SMILES string of the molecule is O=c1c2c(-c3ccccc3)cc(-c3ccccc3)nc2[nH]c(=S)n1-c1ccccc1. The number of hydrogen-bond acceptors (Lipinski definition) is 3. The average Bonchev–Trinajstić information content (AvgIpc) is 2.80. The number of aromatic amines is 1. The highest BCUT2D eigenvalue weighted by Gasteiger charge is 2.16. The molecule has 0 aliphatic heterocycles. The van der Waals surface area contributed by atoms with Gasteiger partial charge in [0.25, 0.3) is 5.56 Å². The van der Waals surface area contributed by atoms with E-state index in [4.69, 9.17) is 17.2 Å². The maximum atomic E-state index is 13.6. The largest absolute Gasteiger partial charge is 0.316 e. The Morgan fingerprint density at radius 1 is 0.767 bits per heavy atom. The first-order chi connectivity index (χ1) is 14.7. The van der Waals surface area contributed by atoms with Crippen molar-refractivity contribution in [2.45, 2.75) is 0 Å². The van der Waals surface area contributed by atoms with Crippen LogP contribution >= 0.6 is 12.2 Å². The van der Waals surface area contributed by atoms with E-state index in [9.17, 15) is 4.79 Å². The predicted molar refractivity (Wildman–Crippen MR) is 123 cm³/mol. The first-order valence-electron chi connectivity index (χ1n) is 9.59. The van der Waals surface area contributed by atoms with Gasteiger partial charge in [0, 0.05) is 11.1 Å². The molecule has 3 aromatic carbocycles. The lowest BCUT2D eigenvalue weighted by Crippen LogP contribution is -2.21. The highest BCUT2D eigenvalue weighted by molar-refractivity contribution is 7.71. The number of pyridine rings is 1. The smallest absolute Gasteiger partial charge is 0.269 e. The van der Waals surface area contributed by atoms with Gasteiger partial charge in [0.15, 0.2) is 4.77 Å². The molecule has 0 aliphatic rings. The van der Waals surface area contributed by atoms with E-state index in [-0.39, 0.29) is 5.56 Å². The van der Waals surface area contributed by atoms with E-state index in [0.717, 1.165) is 28.1 Å². The zero-order chi connectivity index (χ0) is 20.5. The lowest BCUT2D eigenvalue weighted by Gasteiger charge is -2.13. The van der Waals surface area contributed by atoms with Crippen LogP contribution in [-0.4, -0.2) is 14.5 Å². The molecule has 4 nitrogen and oxygen atoms in total. The predicted octanol–water partition coefficient (Wildman–Crippen LogP) is 5.78. The number of para-hydroxylation sites is 1. The van der Waals surface area contributed by atoms with Crippen LogP contribution in [0.4, 0.5) is 0 Å². The van der Waals surface area contributed by atoms with Crippen molar-refractivity contribution in [1.29, 1.82) is 0 Å². The molecule has 0 bridgehead atoms. The Bertz CT molecular complexity index is 1460. The molecule has 0 amide bonds. The van der Waals surface area contributed by atoms with Crippen molar-refractivity contribution in [2.75, 3.05) is 0 Å². The lowest BCUT2D eigenvalue weighted by atomic mass is 10.0. The van der Waals surface area contributed by atoms with Crippen molar-refractivity contribution in [1.82, 2.24) is 14.5 Å². The van der Waals surface area contributed by atoms with Crippen LogP contribution in [0.15, 0.2) is 102 Å². The second-order valence-corrected chi connectivity index (χ2v) is 7.30. The van der Waals surface area contributed by atoms with Gasteiger partial charge in [0.2, 0.25) is 0 Å². The number of rotatable bonds is 3. The molecule has 2 aromatic heterocycles. The average molecular weight is 407 g/mol. The Labute approximate surface area is 178 Å². The summed E-state index contributed by atoms with van der Waals surface area (Å²) >= 11 is 5.54. The molecule has 0 saturated carbocycles. The van der Waals surface area contributed by atoms with Crippen molar-refractivity contribution in [3.63, 3.8) is 0 Å². The fraction of sp³-hybridized carbons (Fsp3) is 0. The Balaban J connectivity index is 1.90. The van der Waals surface area contributed by atoms with Crippen LogP contribution in [0.5, 0.6) is 0 Å². The number of aromatic nitrogens is 3. The second-order valence-electron chi connectivity index (χ2n) is 6.92. The molecule has 5 aromatic rings. The van der Waals surface area contributed by atoms with Gasteiger partial charge in [-0.25, -0.2) is 4.98 Å². The maximum Gasteiger partial charge on any atom is 0.269 e. The maximum absolute atomic E-state index is 13.6. The van der Waals surface area contributed by atoms with E-state index < -0.39 is 0 Å². The van der Waals surface area contributed by atoms with Gasteiger partial charge >= 0.3 is 0 Å². The third kappa shape index (κ3) is 3.15. The standard InChI is InChI=1S/C25H17N3OS/c29-24-22-20(17-10-4-1-5-11-17)16-21(18-12-6-2-7-13-18)26-23(22)27-25(30)28(24)19-14-8-3-9-15-19/h1-16H,(H,26,27,30). The summed E-state index contributed by atoms with van der Waals surface area (Å²) in [6, 6.07) is 31.2. The summed E-state index contributed by atoms with van der Waals surface area (Å²) in [6.45, 7) is 0. The Morgan fingerprint density at radius 2 is 1.33 bits per heavy atom. The van der Waals surface area contributed by atoms with Crippen LogP contribution in [0, 0.1) is 4.77 Å². The van der Waals surface area contributed by atoms with Crippen molar-refractivity contribution < 1.29 is 0 Å². The molecule has 0 spiro atoms. The van der Waals surface area contributed by atoms with Gasteiger partial charge in [-0.3, -0.25) is 9.36 Å². The number of H-pyrrole nitrogens is 1. The molecule has 0 aliphatic carbocycles. The van der Waals surface area contributed by atoms with E-state index in [0.29, 0.717) is 15.8 Å². The zero-order valence-electron chi connectivity index (χ0n) is 15.9. The van der Waals surface area contributed by atoms with Crippen molar-refractivity contribution in [2.24, 2.45) is 0 Å². The van der Waals surface area contributed by atoms with Crippen molar-refractivity contribution in [3.8, 4) is 28.1 Å². The first-order valence-corrected chi connectivity index (χ1v) is 9.99.